The molecule has 0 saturated heterocycles. The van der Waals surface area contributed by atoms with Gasteiger partial charge >= 0.3 is 0 Å². The average Bonchev–Trinajstić information content (AvgIpc) is 1.64. The molecule has 0 fully saturated rings. The van der Waals surface area contributed by atoms with Crippen molar-refractivity contribution in [3.63, 3.8) is 0 Å². The highest BCUT2D eigenvalue weighted by Crippen LogP contribution is 2.23. The van der Waals surface area contributed by atoms with Gasteiger partial charge in [-0.3, -0.25) is 0 Å². The number of hydrogen-bond donors (Lipinski definition) is 0. The zero-order valence-electron chi connectivity index (χ0n) is 5.98. The van der Waals surface area contributed by atoms with Crippen LogP contribution in [0.15, 0.2) is 0 Å². The molecule has 1 nitrogen and oxygen atoms in total. The van der Waals surface area contributed by atoms with E-state index in [1.54, 1.807) is 0 Å². The molecule has 0 aromatic heterocycles. The summed E-state index contributed by atoms with van der Waals surface area (Å²) in [4.78, 5) is 10.1. The Morgan fingerprint density at radius 3 is 2.44 bits per heavy atom. The van der Waals surface area contributed by atoms with E-state index in [0.29, 0.717) is 6.42 Å². The summed E-state index contributed by atoms with van der Waals surface area (Å²) in [5.41, 5.74) is 0.186. The summed E-state index contributed by atoms with van der Waals surface area (Å²) >= 11 is 3.34. The maximum absolute atomic E-state index is 10.1. The van der Waals surface area contributed by atoms with Gasteiger partial charge in [0.15, 0.2) is 0 Å². The second-order valence-corrected chi connectivity index (χ2v) is 3.77. The van der Waals surface area contributed by atoms with E-state index in [1.807, 2.05) is 0 Å². The first-order chi connectivity index (χ1) is 4.12. The van der Waals surface area contributed by atoms with Crippen LogP contribution < -0.4 is 0 Å². The minimum atomic E-state index is 0.186. The molecule has 0 saturated carbocycles. The van der Waals surface area contributed by atoms with Gasteiger partial charge < -0.3 is 4.79 Å². The Balaban J connectivity index is 3.55. The largest absolute Gasteiger partial charge is 0.303 e. The third kappa shape index (κ3) is 4.64. The molecule has 0 rings (SSSR count). The summed E-state index contributed by atoms with van der Waals surface area (Å²) in [5, 5.41) is 0.980. The van der Waals surface area contributed by atoms with Crippen molar-refractivity contribution in [3.05, 3.63) is 0 Å². The highest BCUT2D eigenvalue weighted by molar-refractivity contribution is 9.09. The Morgan fingerprint density at radius 1 is 1.56 bits per heavy atom. The summed E-state index contributed by atoms with van der Waals surface area (Å²) in [6.45, 7) is 4.20. The van der Waals surface area contributed by atoms with Gasteiger partial charge in [-0.1, -0.05) is 29.8 Å². The SMILES string of the molecule is CC(C)(CC=O)CCBr. The molecule has 0 aliphatic carbocycles. The Bertz CT molecular complexity index is 88.9. The summed E-state index contributed by atoms with van der Waals surface area (Å²) < 4.78 is 0. The number of hydrogen-bond acceptors (Lipinski definition) is 1. The number of carbonyl (C=O) groups excluding carboxylic acids is 1. The molecule has 0 aliphatic rings. The van der Waals surface area contributed by atoms with E-state index in [9.17, 15) is 4.79 Å². The highest BCUT2D eigenvalue weighted by atomic mass is 79.9. The molecule has 9 heavy (non-hydrogen) atoms. The van der Waals surface area contributed by atoms with Crippen LogP contribution in [0.1, 0.15) is 26.7 Å². The maximum atomic E-state index is 10.1. The summed E-state index contributed by atoms with van der Waals surface area (Å²) in [6, 6.07) is 0. The second kappa shape index (κ2) is 4.04. The van der Waals surface area contributed by atoms with Crippen molar-refractivity contribution in [2.24, 2.45) is 5.41 Å². The fourth-order valence-electron chi connectivity index (χ4n) is 0.583. The molecule has 0 unspecified atom stereocenters. The van der Waals surface area contributed by atoms with Crippen LogP contribution in [0.5, 0.6) is 0 Å². The molecule has 0 amide bonds. The van der Waals surface area contributed by atoms with Gasteiger partial charge in [0.2, 0.25) is 0 Å². The predicted octanol–water partition coefficient (Wildman–Crippen LogP) is 2.39. The molecule has 0 spiro atoms. The van der Waals surface area contributed by atoms with E-state index in [1.165, 1.54) is 0 Å². The number of aldehydes is 1. The molecule has 0 heterocycles. The summed E-state index contributed by atoms with van der Waals surface area (Å²) in [5.74, 6) is 0. The lowest BCUT2D eigenvalue weighted by molar-refractivity contribution is -0.109. The number of rotatable bonds is 4. The van der Waals surface area contributed by atoms with Crippen molar-refractivity contribution in [1.82, 2.24) is 0 Å². The fourth-order valence-corrected chi connectivity index (χ4v) is 1.66. The molecule has 0 aliphatic heterocycles. The molecule has 0 atom stereocenters. The summed E-state index contributed by atoms with van der Waals surface area (Å²) in [6.07, 6.45) is 2.72. The van der Waals surface area contributed by atoms with Crippen molar-refractivity contribution >= 4 is 22.2 Å². The van der Waals surface area contributed by atoms with Crippen LogP contribution >= 0.6 is 15.9 Å². The Kier molecular flexibility index (Phi) is 4.11. The van der Waals surface area contributed by atoms with Gasteiger partial charge in [0, 0.05) is 11.8 Å². The lowest BCUT2D eigenvalue weighted by Gasteiger charge is -2.19. The number of carbonyl (C=O) groups is 1. The van der Waals surface area contributed by atoms with Crippen molar-refractivity contribution in [3.8, 4) is 0 Å². The molecule has 0 aromatic carbocycles. The van der Waals surface area contributed by atoms with Crippen molar-refractivity contribution < 1.29 is 4.79 Å². The summed E-state index contributed by atoms with van der Waals surface area (Å²) in [7, 11) is 0. The minimum Gasteiger partial charge on any atom is -0.303 e. The third-order valence-electron chi connectivity index (χ3n) is 1.41. The van der Waals surface area contributed by atoms with Crippen LogP contribution in [0, 0.1) is 5.41 Å². The van der Waals surface area contributed by atoms with Crippen molar-refractivity contribution in [1.29, 1.82) is 0 Å². The Morgan fingerprint density at radius 2 is 2.11 bits per heavy atom. The highest BCUT2D eigenvalue weighted by Gasteiger charge is 2.15. The van der Waals surface area contributed by atoms with E-state index in [4.69, 9.17) is 0 Å². The smallest absolute Gasteiger partial charge is 0.120 e. The zero-order chi connectivity index (χ0) is 7.33. The van der Waals surface area contributed by atoms with Crippen molar-refractivity contribution in [2.45, 2.75) is 26.7 Å². The van der Waals surface area contributed by atoms with E-state index in [-0.39, 0.29) is 5.41 Å². The molecule has 2 heteroatoms. The van der Waals surface area contributed by atoms with Gasteiger partial charge in [-0.15, -0.1) is 0 Å². The van der Waals surface area contributed by atoms with Gasteiger partial charge in [0.25, 0.3) is 0 Å². The standard InChI is InChI=1S/C7H13BrO/c1-7(2,3-5-8)4-6-9/h6H,3-5H2,1-2H3. The molecular formula is C7H13BrO. The average molecular weight is 193 g/mol. The van der Waals surface area contributed by atoms with Crippen LogP contribution in [0.3, 0.4) is 0 Å². The molecule has 0 bridgehead atoms. The monoisotopic (exact) mass is 192 g/mol. The normalized spacial score (nSPS) is 11.4. The Hall–Kier alpha value is 0.150. The first-order valence-electron chi connectivity index (χ1n) is 3.12. The van der Waals surface area contributed by atoms with E-state index in [0.717, 1.165) is 18.0 Å². The first-order valence-corrected chi connectivity index (χ1v) is 4.24. The molecule has 54 valence electrons. The minimum absolute atomic E-state index is 0.186. The quantitative estimate of drug-likeness (QED) is 0.494. The zero-order valence-corrected chi connectivity index (χ0v) is 7.57. The van der Waals surface area contributed by atoms with Gasteiger partial charge in [-0.05, 0) is 11.8 Å². The fraction of sp³-hybridized carbons (Fsp3) is 0.857. The predicted molar refractivity (Wildman–Crippen MR) is 42.9 cm³/mol. The molecule has 0 radical (unpaired) electrons. The van der Waals surface area contributed by atoms with Crippen LogP contribution in [0.2, 0.25) is 0 Å². The van der Waals surface area contributed by atoms with Gasteiger partial charge in [0.1, 0.15) is 6.29 Å². The maximum Gasteiger partial charge on any atom is 0.120 e. The second-order valence-electron chi connectivity index (χ2n) is 2.97. The van der Waals surface area contributed by atoms with Gasteiger partial charge in [0.05, 0.1) is 0 Å². The molecule has 0 aromatic rings. The van der Waals surface area contributed by atoms with Crippen LogP contribution in [-0.4, -0.2) is 11.6 Å². The molecular weight excluding hydrogens is 180 g/mol. The number of alkyl halides is 1. The molecule has 0 N–H and O–H groups in total. The number of halogens is 1. The van der Waals surface area contributed by atoms with E-state index < -0.39 is 0 Å². The topological polar surface area (TPSA) is 17.1 Å². The first kappa shape index (κ1) is 9.15. The van der Waals surface area contributed by atoms with Crippen LogP contribution in [0.4, 0.5) is 0 Å². The van der Waals surface area contributed by atoms with Crippen LogP contribution in [0.25, 0.3) is 0 Å². The van der Waals surface area contributed by atoms with Gasteiger partial charge in [-0.2, -0.15) is 0 Å². The van der Waals surface area contributed by atoms with Gasteiger partial charge in [-0.25, -0.2) is 0 Å². The Labute approximate surface area is 65.0 Å². The third-order valence-corrected chi connectivity index (χ3v) is 1.80. The lowest BCUT2D eigenvalue weighted by atomic mass is 9.87. The van der Waals surface area contributed by atoms with E-state index in [2.05, 4.69) is 29.8 Å². The van der Waals surface area contributed by atoms with Crippen molar-refractivity contribution in [2.75, 3.05) is 5.33 Å². The van der Waals surface area contributed by atoms with Crippen LogP contribution in [-0.2, 0) is 4.79 Å². The van der Waals surface area contributed by atoms with E-state index >= 15 is 0 Å². The lowest BCUT2D eigenvalue weighted by Crippen LogP contribution is -2.11.